The normalized spacial score (nSPS) is 13.5. The second-order valence-electron chi connectivity index (χ2n) is 6.19. The van der Waals surface area contributed by atoms with Crippen LogP contribution in [0.15, 0.2) is 42.5 Å². The summed E-state index contributed by atoms with van der Waals surface area (Å²) in [7, 11) is 1.86. The van der Waals surface area contributed by atoms with Gasteiger partial charge in [0.05, 0.1) is 11.6 Å². The molecule has 3 aromatic rings. The molecular weight excluding hydrogens is 358 g/mol. The van der Waals surface area contributed by atoms with Crippen molar-refractivity contribution in [3.05, 3.63) is 64.9 Å². The van der Waals surface area contributed by atoms with E-state index in [-0.39, 0.29) is 10.8 Å². The van der Waals surface area contributed by atoms with Crippen molar-refractivity contribution in [1.29, 1.82) is 0 Å². The summed E-state index contributed by atoms with van der Waals surface area (Å²) >= 11 is 5.81. The van der Waals surface area contributed by atoms with Crippen LogP contribution in [-0.2, 0) is 13.1 Å². The Balaban J connectivity index is 1.86. The van der Waals surface area contributed by atoms with Crippen molar-refractivity contribution in [2.75, 3.05) is 18.5 Å². The van der Waals surface area contributed by atoms with Crippen molar-refractivity contribution in [3.63, 3.8) is 0 Å². The lowest BCUT2D eigenvalue weighted by molar-refractivity contribution is 0.506. The molecule has 134 valence electrons. The minimum atomic E-state index is -0.473. The predicted molar refractivity (Wildman–Crippen MR) is 98.8 cm³/mol. The van der Waals surface area contributed by atoms with Crippen LogP contribution in [0.3, 0.4) is 0 Å². The van der Waals surface area contributed by atoms with E-state index in [0.29, 0.717) is 12.2 Å². The SMILES string of the molecule is CN(c1ccc(Cl)c(F)c1)c1c(-c2ccc(F)cc2)nc2n1CCNC2. The number of imidazole rings is 1. The van der Waals surface area contributed by atoms with Crippen molar-refractivity contribution >= 4 is 23.1 Å². The van der Waals surface area contributed by atoms with E-state index in [4.69, 9.17) is 16.6 Å². The predicted octanol–water partition coefficient (Wildman–Crippen LogP) is 4.35. The van der Waals surface area contributed by atoms with E-state index in [1.54, 1.807) is 18.2 Å². The molecule has 26 heavy (non-hydrogen) atoms. The molecule has 2 heterocycles. The topological polar surface area (TPSA) is 33.1 Å². The van der Waals surface area contributed by atoms with Gasteiger partial charge in [0, 0.05) is 31.4 Å². The third kappa shape index (κ3) is 2.95. The number of hydrogen-bond donors (Lipinski definition) is 1. The Morgan fingerprint density at radius 2 is 1.92 bits per heavy atom. The largest absolute Gasteiger partial charge is 0.329 e. The first kappa shape index (κ1) is 17.0. The van der Waals surface area contributed by atoms with Crippen molar-refractivity contribution in [2.24, 2.45) is 0 Å². The fourth-order valence-corrected chi connectivity index (χ4v) is 3.33. The molecule has 0 unspecified atom stereocenters. The highest BCUT2D eigenvalue weighted by Crippen LogP contribution is 2.36. The lowest BCUT2D eigenvalue weighted by Crippen LogP contribution is -2.30. The molecule has 0 spiro atoms. The molecule has 0 aliphatic carbocycles. The Kier molecular flexibility index (Phi) is 4.38. The zero-order valence-corrected chi connectivity index (χ0v) is 14.9. The molecular formula is C19H17ClF2N4. The lowest BCUT2D eigenvalue weighted by Gasteiger charge is -2.25. The van der Waals surface area contributed by atoms with Crippen molar-refractivity contribution in [2.45, 2.75) is 13.1 Å². The summed E-state index contributed by atoms with van der Waals surface area (Å²) in [4.78, 5) is 6.64. The molecule has 1 aromatic heterocycles. The first-order valence-electron chi connectivity index (χ1n) is 8.29. The van der Waals surface area contributed by atoms with E-state index in [1.165, 1.54) is 24.3 Å². The van der Waals surface area contributed by atoms with Gasteiger partial charge >= 0.3 is 0 Å². The number of aromatic nitrogens is 2. The molecule has 2 aromatic carbocycles. The number of nitrogens with zero attached hydrogens (tertiary/aromatic N) is 3. The number of anilines is 2. The van der Waals surface area contributed by atoms with Crippen LogP contribution in [0.5, 0.6) is 0 Å². The van der Waals surface area contributed by atoms with Crippen molar-refractivity contribution < 1.29 is 8.78 Å². The summed E-state index contributed by atoms with van der Waals surface area (Å²) < 4.78 is 29.4. The molecule has 0 fully saturated rings. The van der Waals surface area contributed by atoms with Crippen LogP contribution in [0.1, 0.15) is 5.82 Å². The van der Waals surface area contributed by atoms with Crippen LogP contribution < -0.4 is 10.2 Å². The number of hydrogen-bond acceptors (Lipinski definition) is 3. The van der Waals surface area contributed by atoms with Gasteiger partial charge in [-0.3, -0.25) is 0 Å². The van der Waals surface area contributed by atoms with E-state index in [0.717, 1.165) is 36.0 Å². The average Bonchev–Trinajstić information content (AvgIpc) is 3.03. The quantitative estimate of drug-likeness (QED) is 0.739. The summed E-state index contributed by atoms with van der Waals surface area (Å²) in [6.07, 6.45) is 0. The number of benzene rings is 2. The van der Waals surface area contributed by atoms with Gasteiger partial charge in [-0.15, -0.1) is 0 Å². The first-order valence-corrected chi connectivity index (χ1v) is 8.67. The van der Waals surface area contributed by atoms with E-state index in [9.17, 15) is 8.78 Å². The number of fused-ring (bicyclic) bond motifs is 1. The number of halogens is 3. The first-order chi connectivity index (χ1) is 12.5. The van der Waals surface area contributed by atoms with E-state index in [1.807, 2.05) is 11.9 Å². The molecule has 0 bridgehead atoms. The Hall–Kier alpha value is -2.44. The molecule has 1 aliphatic rings. The van der Waals surface area contributed by atoms with E-state index in [2.05, 4.69) is 9.88 Å². The monoisotopic (exact) mass is 374 g/mol. The van der Waals surface area contributed by atoms with E-state index >= 15 is 0 Å². The van der Waals surface area contributed by atoms with Gasteiger partial charge < -0.3 is 14.8 Å². The van der Waals surface area contributed by atoms with Gasteiger partial charge in [-0.25, -0.2) is 13.8 Å². The molecule has 0 saturated carbocycles. The van der Waals surface area contributed by atoms with Crippen LogP contribution in [0.25, 0.3) is 11.3 Å². The highest BCUT2D eigenvalue weighted by atomic mass is 35.5. The molecule has 1 aliphatic heterocycles. The van der Waals surface area contributed by atoms with Crippen LogP contribution >= 0.6 is 11.6 Å². The fourth-order valence-electron chi connectivity index (χ4n) is 3.21. The molecule has 0 amide bonds. The Bertz CT molecular complexity index is 953. The molecule has 0 radical (unpaired) electrons. The van der Waals surface area contributed by atoms with Crippen molar-refractivity contribution in [1.82, 2.24) is 14.9 Å². The number of rotatable bonds is 3. The van der Waals surface area contributed by atoms with Gasteiger partial charge in [-0.2, -0.15) is 0 Å². The second-order valence-corrected chi connectivity index (χ2v) is 6.60. The van der Waals surface area contributed by atoms with Crippen molar-refractivity contribution in [3.8, 4) is 11.3 Å². The molecule has 4 nitrogen and oxygen atoms in total. The lowest BCUT2D eigenvalue weighted by atomic mass is 10.1. The van der Waals surface area contributed by atoms with Crippen LogP contribution in [0, 0.1) is 11.6 Å². The number of nitrogens with one attached hydrogen (secondary N) is 1. The highest BCUT2D eigenvalue weighted by Gasteiger charge is 2.24. The van der Waals surface area contributed by atoms with Crippen LogP contribution in [-0.4, -0.2) is 23.1 Å². The highest BCUT2D eigenvalue weighted by molar-refractivity contribution is 6.30. The molecule has 1 N–H and O–H groups in total. The Morgan fingerprint density at radius 1 is 1.15 bits per heavy atom. The minimum Gasteiger partial charge on any atom is -0.329 e. The summed E-state index contributed by atoms with van der Waals surface area (Å²) in [6, 6.07) is 10.9. The van der Waals surface area contributed by atoms with E-state index < -0.39 is 5.82 Å². The summed E-state index contributed by atoms with van der Waals surface area (Å²) in [6.45, 7) is 2.22. The van der Waals surface area contributed by atoms with Gasteiger partial charge in [-0.1, -0.05) is 11.6 Å². The molecule has 7 heteroatoms. The Labute approximate surface area is 155 Å². The summed E-state index contributed by atoms with van der Waals surface area (Å²) in [5, 5.41) is 3.38. The maximum Gasteiger partial charge on any atom is 0.143 e. The third-order valence-electron chi connectivity index (χ3n) is 4.54. The second kappa shape index (κ2) is 6.70. The average molecular weight is 375 g/mol. The van der Waals surface area contributed by atoms with Gasteiger partial charge in [0.2, 0.25) is 0 Å². The standard InChI is InChI=1S/C19H17ClF2N4/c1-25(14-6-7-15(20)16(22)10-14)19-18(12-2-4-13(21)5-3-12)24-17-11-23-8-9-26(17)19/h2-7,10,23H,8-9,11H2,1H3. The van der Waals surface area contributed by atoms with Gasteiger partial charge in [0.1, 0.15) is 29.0 Å². The molecule has 4 rings (SSSR count). The molecule has 0 atom stereocenters. The summed E-state index contributed by atoms with van der Waals surface area (Å²) in [5.74, 6) is 0.968. The van der Waals surface area contributed by atoms with Crippen LogP contribution in [0.4, 0.5) is 20.3 Å². The van der Waals surface area contributed by atoms with Gasteiger partial charge in [0.15, 0.2) is 0 Å². The smallest absolute Gasteiger partial charge is 0.143 e. The summed E-state index contributed by atoms with van der Waals surface area (Å²) in [5.41, 5.74) is 2.21. The maximum absolute atomic E-state index is 14.0. The zero-order valence-electron chi connectivity index (χ0n) is 14.1. The van der Waals surface area contributed by atoms with Crippen LogP contribution in [0.2, 0.25) is 5.02 Å². The Morgan fingerprint density at radius 3 is 2.65 bits per heavy atom. The maximum atomic E-state index is 14.0. The van der Waals surface area contributed by atoms with Gasteiger partial charge in [-0.05, 0) is 42.5 Å². The zero-order chi connectivity index (χ0) is 18.3. The molecule has 0 saturated heterocycles. The minimum absolute atomic E-state index is 0.0837. The third-order valence-corrected chi connectivity index (χ3v) is 4.85. The fraction of sp³-hybridized carbons (Fsp3) is 0.211. The van der Waals surface area contributed by atoms with Gasteiger partial charge in [0.25, 0.3) is 0 Å².